The number of rotatable bonds is 5. The zero-order chi connectivity index (χ0) is 19.6. The van der Waals surface area contributed by atoms with Gasteiger partial charge in [0.1, 0.15) is 0 Å². The summed E-state index contributed by atoms with van der Waals surface area (Å²) in [6.07, 6.45) is 0. The van der Waals surface area contributed by atoms with Crippen LogP contribution >= 0.6 is 11.6 Å². The molecule has 0 aliphatic carbocycles. The quantitative estimate of drug-likeness (QED) is 0.676. The Morgan fingerprint density at radius 1 is 1.15 bits per heavy atom. The molecule has 0 saturated carbocycles. The SMILES string of the molecule is C[C@@H](NC(=O)c1cc(-c2ccc(Cl)cc2)on1)c1ccc(S(N)(=O)=O)cc1. The molecule has 1 atom stereocenters. The van der Waals surface area contributed by atoms with Crippen LogP contribution in [0.1, 0.15) is 29.0 Å². The molecule has 3 aromatic rings. The van der Waals surface area contributed by atoms with E-state index < -0.39 is 15.9 Å². The van der Waals surface area contributed by atoms with Crippen molar-refractivity contribution in [2.45, 2.75) is 17.9 Å². The van der Waals surface area contributed by atoms with Crippen LogP contribution in [0.25, 0.3) is 11.3 Å². The second-order valence-electron chi connectivity index (χ2n) is 5.89. The van der Waals surface area contributed by atoms with E-state index in [1.807, 2.05) is 0 Å². The Kier molecular flexibility index (Phi) is 5.31. The number of nitrogens with one attached hydrogen (secondary N) is 1. The van der Waals surface area contributed by atoms with Crippen LogP contribution in [0.2, 0.25) is 5.02 Å². The van der Waals surface area contributed by atoms with Gasteiger partial charge >= 0.3 is 0 Å². The summed E-state index contributed by atoms with van der Waals surface area (Å²) < 4.78 is 27.8. The number of hydrogen-bond donors (Lipinski definition) is 2. The number of benzene rings is 2. The fourth-order valence-corrected chi connectivity index (χ4v) is 3.07. The van der Waals surface area contributed by atoms with E-state index in [0.717, 1.165) is 11.1 Å². The maximum atomic E-state index is 12.4. The van der Waals surface area contributed by atoms with Crippen molar-refractivity contribution in [3.05, 3.63) is 70.9 Å². The van der Waals surface area contributed by atoms with Gasteiger partial charge in [0.15, 0.2) is 11.5 Å². The normalized spacial score (nSPS) is 12.6. The molecule has 0 saturated heterocycles. The second kappa shape index (κ2) is 7.51. The van der Waals surface area contributed by atoms with Crippen LogP contribution in [0.5, 0.6) is 0 Å². The highest BCUT2D eigenvalue weighted by Crippen LogP contribution is 2.23. The van der Waals surface area contributed by atoms with E-state index >= 15 is 0 Å². The first-order valence-electron chi connectivity index (χ1n) is 7.90. The number of nitrogens with zero attached hydrogens (tertiary/aromatic N) is 1. The summed E-state index contributed by atoms with van der Waals surface area (Å²) in [7, 11) is -3.76. The molecule has 9 heteroatoms. The number of carbonyl (C=O) groups is 1. The Bertz CT molecular complexity index is 1060. The lowest BCUT2D eigenvalue weighted by Gasteiger charge is -2.13. The first kappa shape index (κ1) is 19.1. The highest BCUT2D eigenvalue weighted by atomic mass is 35.5. The van der Waals surface area contributed by atoms with E-state index in [9.17, 15) is 13.2 Å². The standard InChI is InChI=1S/C18H16ClN3O4S/c1-11(12-4-8-15(9-5-12)27(20,24)25)21-18(23)16-10-17(26-22-16)13-2-6-14(19)7-3-13/h2-11H,1H3,(H,21,23)(H2,20,24,25)/t11-/m1/s1. The minimum absolute atomic E-state index is 0.00823. The van der Waals surface area contributed by atoms with E-state index in [2.05, 4.69) is 10.5 Å². The third kappa shape index (κ3) is 4.54. The van der Waals surface area contributed by atoms with Crippen LogP contribution in [-0.4, -0.2) is 19.5 Å². The van der Waals surface area contributed by atoms with Gasteiger partial charge in [0, 0.05) is 16.7 Å². The van der Waals surface area contributed by atoms with Gasteiger partial charge in [0.05, 0.1) is 10.9 Å². The van der Waals surface area contributed by atoms with Gasteiger partial charge in [0.25, 0.3) is 5.91 Å². The number of carbonyl (C=O) groups excluding carboxylic acids is 1. The van der Waals surface area contributed by atoms with Crippen molar-refractivity contribution in [2.75, 3.05) is 0 Å². The predicted molar refractivity (Wildman–Crippen MR) is 101 cm³/mol. The first-order valence-corrected chi connectivity index (χ1v) is 9.83. The monoisotopic (exact) mass is 405 g/mol. The maximum Gasteiger partial charge on any atom is 0.273 e. The highest BCUT2D eigenvalue weighted by Gasteiger charge is 2.17. The van der Waals surface area contributed by atoms with Gasteiger partial charge < -0.3 is 9.84 Å². The van der Waals surface area contributed by atoms with E-state index in [4.69, 9.17) is 21.3 Å². The second-order valence-corrected chi connectivity index (χ2v) is 7.89. The van der Waals surface area contributed by atoms with Crippen LogP contribution < -0.4 is 10.5 Å². The number of amides is 1. The van der Waals surface area contributed by atoms with E-state index in [1.165, 1.54) is 18.2 Å². The number of sulfonamides is 1. The molecule has 1 amide bonds. The van der Waals surface area contributed by atoms with E-state index in [1.54, 1.807) is 43.3 Å². The van der Waals surface area contributed by atoms with Crippen molar-refractivity contribution in [3.63, 3.8) is 0 Å². The van der Waals surface area contributed by atoms with Crippen LogP contribution in [0.4, 0.5) is 0 Å². The molecule has 3 rings (SSSR count). The minimum Gasteiger partial charge on any atom is -0.355 e. The van der Waals surface area contributed by atoms with Gasteiger partial charge in [-0.3, -0.25) is 4.79 Å². The highest BCUT2D eigenvalue weighted by molar-refractivity contribution is 7.89. The molecular formula is C18H16ClN3O4S. The average Bonchev–Trinajstić information content (AvgIpc) is 3.12. The Balaban J connectivity index is 1.71. The molecule has 1 aromatic heterocycles. The van der Waals surface area contributed by atoms with Crippen molar-refractivity contribution < 1.29 is 17.7 Å². The molecule has 0 radical (unpaired) electrons. The molecule has 0 spiro atoms. The molecular weight excluding hydrogens is 390 g/mol. The molecule has 0 aliphatic heterocycles. The molecule has 1 heterocycles. The number of nitrogens with two attached hydrogens (primary N) is 1. The largest absolute Gasteiger partial charge is 0.355 e. The van der Waals surface area contributed by atoms with Crippen LogP contribution in [0.3, 0.4) is 0 Å². The molecule has 0 unspecified atom stereocenters. The van der Waals surface area contributed by atoms with Gasteiger partial charge in [-0.05, 0) is 48.9 Å². The smallest absolute Gasteiger partial charge is 0.273 e. The third-order valence-electron chi connectivity index (χ3n) is 3.93. The average molecular weight is 406 g/mol. The molecule has 27 heavy (non-hydrogen) atoms. The Morgan fingerprint density at radius 3 is 2.37 bits per heavy atom. The molecule has 3 N–H and O–H groups in total. The fourth-order valence-electron chi connectivity index (χ4n) is 2.43. The molecule has 2 aromatic carbocycles. The zero-order valence-corrected chi connectivity index (χ0v) is 15.8. The van der Waals surface area contributed by atoms with Crippen molar-refractivity contribution in [3.8, 4) is 11.3 Å². The number of aromatic nitrogens is 1. The summed E-state index contributed by atoms with van der Waals surface area (Å²) in [6.45, 7) is 1.77. The zero-order valence-electron chi connectivity index (χ0n) is 14.2. The number of hydrogen-bond acceptors (Lipinski definition) is 5. The van der Waals surface area contributed by atoms with Gasteiger partial charge in [0.2, 0.25) is 10.0 Å². The summed E-state index contributed by atoms with van der Waals surface area (Å²) in [4.78, 5) is 12.4. The summed E-state index contributed by atoms with van der Waals surface area (Å²) in [5.41, 5.74) is 1.60. The Hall–Kier alpha value is -2.68. The van der Waals surface area contributed by atoms with Crippen LogP contribution in [0.15, 0.2) is 64.0 Å². The molecule has 140 valence electrons. The lowest BCUT2D eigenvalue weighted by molar-refractivity contribution is 0.0931. The van der Waals surface area contributed by atoms with Crippen LogP contribution in [0, 0.1) is 0 Å². The predicted octanol–water partition coefficient (Wildman–Crippen LogP) is 3.13. The van der Waals surface area contributed by atoms with Gasteiger partial charge in [-0.1, -0.05) is 28.9 Å². The molecule has 7 nitrogen and oxygen atoms in total. The summed E-state index contributed by atoms with van der Waals surface area (Å²) in [5.74, 6) is 0.0314. The van der Waals surface area contributed by atoms with Crippen molar-refractivity contribution in [2.24, 2.45) is 5.14 Å². The topological polar surface area (TPSA) is 115 Å². The molecule has 0 aliphatic rings. The van der Waals surface area contributed by atoms with Gasteiger partial charge in [-0.2, -0.15) is 0 Å². The Morgan fingerprint density at radius 2 is 1.78 bits per heavy atom. The third-order valence-corrected chi connectivity index (χ3v) is 5.11. The van der Waals surface area contributed by atoms with Crippen molar-refractivity contribution in [1.82, 2.24) is 10.5 Å². The molecule has 0 bridgehead atoms. The lowest BCUT2D eigenvalue weighted by Crippen LogP contribution is -2.26. The van der Waals surface area contributed by atoms with E-state index in [-0.39, 0.29) is 16.6 Å². The number of primary sulfonamides is 1. The van der Waals surface area contributed by atoms with Gasteiger partial charge in [-0.15, -0.1) is 0 Å². The first-order chi connectivity index (χ1) is 12.7. The van der Waals surface area contributed by atoms with E-state index in [0.29, 0.717) is 10.8 Å². The van der Waals surface area contributed by atoms with Gasteiger partial charge in [-0.25, -0.2) is 13.6 Å². The fraction of sp³-hybridized carbons (Fsp3) is 0.111. The lowest BCUT2D eigenvalue weighted by atomic mass is 10.1. The maximum absolute atomic E-state index is 12.4. The van der Waals surface area contributed by atoms with Crippen molar-refractivity contribution >= 4 is 27.5 Å². The number of halogens is 1. The molecule has 0 fully saturated rings. The summed E-state index contributed by atoms with van der Waals surface area (Å²) >= 11 is 5.85. The van der Waals surface area contributed by atoms with Crippen molar-refractivity contribution in [1.29, 1.82) is 0 Å². The summed E-state index contributed by atoms with van der Waals surface area (Å²) in [6, 6.07) is 14.1. The Labute approximate surface area is 161 Å². The summed E-state index contributed by atoms with van der Waals surface area (Å²) in [5, 5.41) is 12.2. The minimum atomic E-state index is -3.76. The van der Waals surface area contributed by atoms with Crippen LogP contribution in [-0.2, 0) is 10.0 Å².